The fourth-order valence-corrected chi connectivity index (χ4v) is 3.32. The third kappa shape index (κ3) is 3.38. The second kappa shape index (κ2) is 6.81. The van der Waals surface area contributed by atoms with Crippen molar-refractivity contribution in [3.8, 4) is 5.75 Å². The maximum Gasteiger partial charge on any atom is 0.326 e. The normalized spacial score (nSPS) is 23.9. The molecule has 0 radical (unpaired) electrons. The van der Waals surface area contributed by atoms with Crippen LogP contribution < -0.4 is 10.1 Å². The van der Waals surface area contributed by atoms with Crippen LogP contribution in [-0.4, -0.2) is 42.3 Å². The third-order valence-electron chi connectivity index (χ3n) is 4.87. The molecule has 1 saturated heterocycles. The summed E-state index contributed by atoms with van der Waals surface area (Å²) in [5.41, 5.74) is 3.25. The van der Waals surface area contributed by atoms with Gasteiger partial charge in [0.2, 0.25) is 0 Å². The SMILES string of the molecule is Cc1cc2c(cc1C)OC(C(=O)NC(C(=O)O)C1CCCOC1)C2. The molecule has 2 aliphatic heterocycles. The van der Waals surface area contributed by atoms with Crippen molar-refractivity contribution in [1.29, 1.82) is 0 Å². The predicted octanol–water partition coefficient (Wildman–Crippen LogP) is 1.60. The largest absolute Gasteiger partial charge is 0.480 e. The number of aryl methyl sites for hydroxylation is 2. The number of fused-ring (bicyclic) bond motifs is 1. The first-order chi connectivity index (χ1) is 11.5. The molecule has 1 aromatic carbocycles. The molecule has 6 nitrogen and oxygen atoms in total. The first kappa shape index (κ1) is 16.8. The highest BCUT2D eigenvalue weighted by atomic mass is 16.5. The van der Waals surface area contributed by atoms with Crippen molar-refractivity contribution in [3.05, 3.63) is 28.8 Å². The maximum atomic E-state index is 12.5. The van der Waals surface area contributed by atoms with Crippen molar-refractivity contribution in [1.82, 2.24) is 5.32 Å². The van der Waals surface area contributed by atoms with E-state index in [2.05, 4.69) is 5.32 Å². The lowest BCUT2D eigenvalue weighted by molar-refractivity contribution is -0.146. The van der Waals surface area contributed by atoms with Crippen LogP contribution in [0, 0.1) is 19.8 Å². The molecule has 2 aliphatic rings. The summed E-state index contributed by atoms with van der Waals surface area (Å²) >= 11 is 0. The van der Waals surface area contributed by atoms with Gasteiger partial charge in [-0.3, -0.25) is 4.79 Å². The van der Waals surface area contributed by atoms with E-state index in [-0.39, 0.29) is 11.8 Å². The van der Waals surface area contributed by atoms with E-state index in [4.69, 9.17) is 9.47 Å². The molecule has 1 fully saturated rings. The van der Waals surface area contributed by atoms with Crippen LogP contribution in [0.1, 0.15) is 29.5 Å². The fraction of sp³-hybridized carbons (Fsp3) is 0.556. The van der Waals surface area contributed by atoms with Crippen LogP contribution >= 0.6 is 0 Å². The smallest absolute Gasteiger partial charge is 0.326 e. The Bertz CT molecular complexity index is 620. The Balaban J connectivity index is 1.67. The molecule has 3 atom stereocenters. The number of carbonyl (C=O) groups excluding carboxylic acids is 1. The van der Waals surface area contributed by atoms with Crippen molar-refractivity contribution in [2.24, 2.45) is 5.92 Å². The fourth-order valence-electron chi connectivity index (χ4n) is 3.32. The van der Waals surface area contributed by atoms with Gasteiger partial charge in [-0.2, -0.15) is 0 Å². The van der Waals surface area contributed by atoms with E-state index in [9.17, 15) is 14.7 Å². The Morgan fingerprint density at radius 1 is 1.29 bits per heavy atom. The zero-order valence-corrected chi connectivity index (χ0v) is 14.0. The minimum Gasteiger partial charge on any atom is -0.480 e. The summed E-state index contributed by atoms with van der Waals surface area (Å²) in [5, 5.41) is 12.1. The summed E-state index contributed by atoms with van der Waals surface area (Å²) in [7, 11) is 0. The predicted molar refractivity (Wildman–Crippen MR) is 87.1 cm³/mol. The number of rotatable bonds is 4. The van der Waals surface area contributed by atoms with Crippen LogP contribution in [0.25, 0.3) is 0 Å². The molecule has 0 aliphatic carbocycles. The average Bonchev–Trinajstić information content (AvgIpc) is 2.96. The second-order valence-electron chi connectivity index (χ2n) is 6.66. The topological polar surface area (TPSA) is 84.9 Å². The van der Waals surface area contributed by atoms with Crippen LogP contribution in [0.2, 0.25) is 0 Å². The van der Waals surface area contributed by atoms with Gasteiger partial charge in [0.15, 0.2) is 6.10 Å². The van der Waals surface area contributed by atoms with Crippen molar-refractivity contribution in [3.63, 3.8) is 0 Å². The average molecular weight is 333 g/mol. The molecule has 0 aromatic heterocycles. The lowest BCUT2D eigenvalue weighted by Crippen LogP contribution is -2.52. The molecular formula is C18H23NO5. The highest BCUT2D eigenvalue weighted by Crippen LogP contribution is 2.31. The van der Waals surface area contributed by atoms with Gasteiger partial charge in [-0.25, -0.2) is 4.79 Å². The summed E-state index contributed by atoms with van der Waals surface area (Å²) < 4.78 is 11.1. The van der Waals surface area contributed by atoms with Crippen LogP contribution in [0.3, 0.4) is 0 Å². The lowest BCUT2D eigenvalue weighted by atomic mass is 9.93. The van der Waals surface area contributed by atoms with E-state index in [0.29, 0.717) is 25.4 Å². The number of ether oxygens (including phenoxy) is 2. The Morgan fingerprint density at radius 3 is 2.71 bits per heavy atom. The summed E-state index contributed by atoms with van der Waals surface area (Å²) in [6.07, 6.45) is 1.35. The number of benzene rings is 1. The van der Waals surface area contributed by atoms with Crippen molar-refractivity contribution >= 4 is 11.9 Å². The highest BCUT2D eigenvalue weighted by molar-refractivity contribution is 5.87. The van der Waals surface area contributed by atoms with Gasteiger partial charge in [0.25, 0.3) is 5.91 Å². The molecule has 2 N–H and O–H groups in total. The van der Waals surface area contributed by atoms with Crippen molar-refractivity contribution in [2.75, 3.05) is 13.2 Å². The maximum absolute atomic E-state index is 12.5. The Kier molecular flexibility index (Phi) is 4.76. The highest BCUT2D eigenvalue weighted by Gasteiger charge is 2.36. The zero-order chi connectivity index (χ0) is 17.3. The van der Waals surface area contributed by atoms with Gasteiger partial charge >= 0.3 is 5.97 Å². The van der Waals surface area contributed by atoms with Gasteiger partial charge in [-0.15, -0.1) is 0 Å². The van der Waals surface area contributed by atoms with Crippen LogP contribution in [-0.2, 0) is 20.7 Å². The van der Waals surface area contributed by atoms with E-state index >= 15 is 0 Å². The number of hydrogen-bond donors (Lipinski definition) is 2. The number of amides is 1. The summed E-state index contributed by atoms with van der Waals surface area (Å²) in [6, 6.07) is 3.03. The van der Waals surface area contributed by atoms with Gasteiger partial charge in [-0.05, 0) is 49.4 Å². The van der Waals surface area contributed by atoms with E-state index in [0.717, 1.165) is 29.5 Å². The first-order valence-corrected chi connectivity index (χ1v) is 8.33. The van der Waals surface area contributed by atoms with Crippen molar-refractivity contribution in [2.45, 2.75) is 45.3 Å². The van der Waals surface area contributed by atoms with Crippen LogP contribution in [0.15, 0.2) is 12.1 Å². The number of nitrogens with one attached hydrogen (secondary N) is 1. The molecule has 3 unspecified atom stereocenters. The summed E-state index contributed by atoms with van der Waals surface area (Å²) in [6.45, 7) is 5.03. The molecule has 6 heteroatoms. The zero-order valence-electron chi connectivity index (χ0n) is 14.0. The van der Waals surface area contributed by atoms with E-state index in [1.54, 1.807) is 0 Å². The van der Waals surface area contributed by atoms with E-state index < -0.39 is 18.1 Å². The number of carbonyl (C=O) groups is 2. The van der Waals surface area contributed by atoms with Gasteiger partial charge in [0, 0.05) is 18.9 Å². The minimum atomic E-state index is -1.03. The Morgan fingerprint density at radius 2 is 2.04 bits per heavy atom. The lowest BCUT2D eigenvalue weighted by Gasteiger charge is -2.28. The molecule has 1 amide bonds. The molecule has 130 valence electrons. The minimum absolute atomic E-state index is 0.200. The van der Waals surface area contributed by atoms with Crippen LogP contribution in [0.4, 0.5) is 0 Å². The number of carboxylic acids is 1. The summed E-state index contributed by atoms with van der Waals surface area (Å²) in [5.74, 6) is -0.889. The van der Waals surface area contributed by atoms with Gasteiger partial charge in [0.1, 0.15) is 11.8 Å². The molecule has 1 aromatic rings. The molecule has 0 spiro atoms. The van der Waals surface area contributed by atoms with Gasteiger partial charge in [-0.1, -0.05) is 6.07 Å². The Labute approximate surface area is 141 Å². The first-order valence-electron chi connectivity index (χ1n) is 8.33. The van der Waals surface area contributed by atoms with Crippen LogP contribution in [0.5, 0.6) is 5.75 Å². The standard InChI is InChI=1S/C18H23NO5/c1-10-6-13-8-15(24-14(13)7-11(10)2)17(20)19-16(18(21)22)12-4-3-5-23-9-12/h6-7,12,15-16H,3-5,8-9H2,1-2H3,(H,19,20)(H,21,22). The van der Waals surface area contributed by atoms with E-state index in [1.165, 1.54) is 0 Å². The molecule has 24 heavy (non-hydrogen) atoms. The third-order valence-corrected chi connectivity index (χ3v) is 4.87. The number of hydrogen-bond acceptors (Lipinski definition) is 4. The molecular weight excluding hydrogens is 310 g/mol. The van der Waals surface area contributed by atoms with Gasteiger partial charge in [0.05, 0.1) is 6.61 Å². The monoisotopic (exact) mass is 333 g/mol. The molecule has 3 rings (SSSR count). The quantitative estimate of drug-likeness (QED) is 0.874. The van der Waals surface area contributed by atoms with Crippen molar-refractivity contribution < 1.29 is 24.2 Å². The van der Waals surface area contributed by atoms with E-state index in [1.807, 2.05) is 26.0 Å². The second-order valence-corrected chi connectivity index (χ2v) is 6.66. The molecule has 0 saturated carbocycles. The number of carboxylic acid groups (broad SMARTS) is 1. The number of aliphatic carboxylic acids is 1. The molecule has 0 bridgehead atoms. The van der Waals surface area contributed by atoms with Gasteiger partial charge < -0.3 is 19.9 Å². The Hall–Kier alpha value is -2.08. The summed E-state index contributed by atoms with van der Waals surface area (Å²) in [4.78, 5) is 24.0. The molecule has 2 heterocycles.